The van der Waals surface area contributed by atoms with E-state index in [1.54, 1.807) is 0 Å². The second-order valence-electron chi connectivity index (χ2n) is 4.70. The van der Waals surface area contributed by atoms with Crippen molar-refractivity contribution in [3.8, 4) is 0 Å². The van der Waals surface area contributed by atoms with E-state index in [2.05, 4.69) is 49.3 Å². The lowest BCUT2D eigenvalue weighted by Gasteiger charge is -2.24. The van der Waals surface area contributed by atoms with E-state index in [4.69, 9.17) is 5.73 Å². The van der Waals surface area contributed by atoms with Gasteiger partial charge in [-0.25, -0.2) is 0 Å². The predicted molar refractivity (Wildman–Crippen MR) is 84.9 cm³/mol. The Labute approximate surface area is 119 Å². The average molecular weight is 268 g/mol. The lowest BCUT2D eigenvalue weighted by Crippen LogP contribution is -2.18. The maximum absolute atomic E-state index is 6.26. The Morgan fingerprint density at radius 3 is 2.79 bits per heavy atom. The topological polar surface area (TPSA) is 29.3 Å². The van der Waals surface area contributed by atoms with Gasteiger partial charge in [-0.2, -0.15) is 0 Å². The zero-order valence-corrected chi connectivity index (χ0v) is 11.5. The normalized spacial score (nSPS) is 20.9. The molecule has 0 unspecified atom stereocenters. The number of nitrogens with two attached hydrogens (primary N) is 1. The van der Waals surface area contributed by atoms with E-state index < -0.39 is 0 Å². The number of anilines is 1. The number of fused-ring (bicyclic) bond motifs is 1. The van der Waals surface area contributed by atoms with E-state index in [0.29, 0.717) is 0 Å². The molecule has 1 heterocycles. The highest BCUT2D eigenvalue weighted by atomic mass is 32.1. The number of para-hydroxylation sites is 1. The summed E-state index contributed by atoms with van der Waals surface area (Å²) >= 11 is 4.61. The molecular formula is C16H16N2S. The fraction of sp³-hybridized carbons (Fsp3) is 0.125. The summed E-state index contributed by atoms with van der Waals surface area (Å²) in [5.41, 5.74) is 11.6. The van der Waals surface area contributed by atoms with Crippen LogP contribution in [0.4, 0.5) is 5.69 Å². The minimum absolute atomic E-state index is 0.741. The lowest BCUT2D eigenvalue weighted by molar-refractivity contribution is 1.13. The summed E-state index contributed by atoms with van der Waals surface area (Å²) in [6.07, 6.45) is 11.5. The Morgan fingerprint density at radius 2 is 1.89 bits per heavy atom. The van der Waals surface area contributed by atoms with E-state index in [1.165, 1.54) is 5.57 Å². The fourth-order valence-electron chi connectivity index (χ4n) is 2.43. The maximum atomic E-state index is 6.26. The summed E-state index contributed by atoms with van der Waals surface area (Å²) < 4.78 is 1.97. The molecule has 1 aliphatic carbocycles. The third-order valence-corrected chi connectivity index (χ3v) is 3.74. The van der Waals surface area contributed by atoms with Crippen molar-refractivity contribution in [2.45, 2.75) is 6.42 Å². The van der Waals surface area contributed by atoms with Crippen LogP contribution in [-0.4, -0.2) is 6.54 Å². The van der Waals surface area contributed by atoms with Crippen LogP contribution in [0.5, 0.6) is 0 Å². The summed E-state index contributed by atoms with van der Waals surface area (Å²) in [6.45, 7) is 0.741. The molecule has 2 N–H and O–H groups in total. The summed E-state index contributed by atoms with van der Waals surface area (Å²) in [6, 6.07) is 8.16. The third kappa shape index (κ3) is 2.34. The van der Waals surface area contributed by atoms with Crippen LogP contribution in [0.1, 0.15) is 12.0 Å². The number of benzene rings is 1. The Hall–Kier alpha value is -1.87. The number of nitrogens with zero attached hydrogens (tertiary/aromatic N) is 1. The highest BCUT2D eigenvalue weighted by Gasteiger charge is 2.15. The molecule has 0 amide bonds. The van der Waals surface area contributed by atoms with Crippen LogP contribution in [0.2, 0.25) is 0 Å². The second kappa shape index (κ2) is 5.02. The van der Waals surface area contributed by atoms with Crippen molar-refractivity contribution in [2.24, 2.45) is 5.73 Å². The zero-order chi connectivity index (χ0) is 13.2. The minimum Gasteiger partial charge on any atom is -0.398 e. The van der Waals surface area contributed by atoms with E-state index in [-0.39, 0.29) is 0 Å². The standard InChI is InChI=1S/C16H16N2S/c17-15-10-12-6-4-5-9-16(12)18(19)11-13-7-2-1-3-8-14(13)15/h2-10,19H,1,11,17H2/b15-10+. The van der Waals surface area contributed by atoms with Crippen LogP contribution in [0.25, 0.3) is 6.08 Å². The molecule has 19 heavy (non-hydrogen) atoms. The van der Waals surface area contributed by atoms with Crippen LogP contribution >= 0.6 is 12.8 Å². The molecule has 1 aliphatic heterocycles. The molecule has 0 spiro atoms. The Bertz CT molecular complexity index is 623. The van der Waals surface area contributed by atoms with Gasteiger partial charge in [0.05, 0.1) is 12.2 Å². The second-order valence-corrected chi connectivity index (χ2v) is 5.18. The van der Waals surface area contributed by atoms with Gasteiger partial charge in [-0.3, -0.25) is 0 Å². The summed E-state index contributed by atoms with van der Waals surface area (Å²) in [5, 5.41) is 0. The summed E-state index contributed by atoms with van der Waals surface area (Å²) in [4.78, 5) is 0. The molecule has 0 saturated carbocycles. The molecule has 0 atom stereocenters. The number of hydrogen-bond acceptors (Lipinski definition) is 3. The minimum atomic E-state index is 0.741. The molecule has 96 valence electrons. The molecule has 0 bridgehead atoms. The van der Waals surface area contributed by atoms with Crippen molar-refractivity contribution in [1.82, 2.24) is 0 Å². The van der Waals surface area contributed by atoms with Crippen molar-refractivity contribution in [3.05, 3.63) is 71.0 Å². The zero-order valence-electron chi connectivity index (χ0n) is 10.6. The maximum Gasteiger partial charge on any atom is 0.0550 e. The van der Waals surface area contributed by atoms with Crippen molar-refractivity contribution in [3.63, 3.8) is 0 Å². The number of thiol groups is 1. The average Bonchev–Trinajstić information content (AvgIpc) is 2.63. The van der Waals surface area contributed by atoms with Gasteiger partial charge in [0, 0.05) is 16.8 Å². The first kappa shape index (κ1) is 12.2. The van der Waals surface area contributed by atoms with Gasteiger partial charge < -0.3 is 10.0 Å². The lowest BCUT2D eigenvalue weighted by atomic mass is 10.00. The Morgan fingerprint density at radius 1 is 1.11 bits per heavy atom. The van der Waals surface area contributed by atoms with Gasteiger partial charge in [0.15, 0.2) is 0 Å². The molecule has 0 radical (unpaired) electrons. The van der Waals surface area contributed by atoms with Crippen LogP contribution in [0.15, 0.2) is 65.4 Å². The summed E-state index contributed by atoms with van der Waals surface area (Å²) in [5.74, 6) is 0. The van der Waals surface area contributed by atoms with Gasteiger partial charge in [-0.1, -0.05) is 55.3 Å². The molecule has 2 aliphatic rings. The fourth-order valence-corrected chi connectivity index (χ4v) is 2.76. The number of hydrogen-bond donors (Lipinski definition) is 2. The smallest absolute Gasteiger partial charge is 0.0550 e. The van der Waals surface area contributed by atoms with Gasteiger partial charge in [0.2, 0.25) is 0 Å². The molecule has 0 saturated heterocycles. The van der Waals surface area contributed by atoms with Crippen LogP contribution in [-0.2, 0) is 0 Å². The van der Waals surface area contributed by atoms with E-state index in [1.807, 2.05) is 22.5 Å². The molecule has 1 aromatic rings. The van der Waals surface area contributed by atoms with Crippen molar-refractivity contribution in [1.29, 1.82) is 0 Å². The Balaban J connectivity index is 2.18. The first-order chi connectivity index (χ1) is 9.25. The molecule has 3 rings (SSSR count). The number of rotatable bonds is 0. The van der Waals surface area contributed by atoms with Crippen molar-refractivity contribution < 1.29 is 0 Å². The first-order valence-electron chi connectivity index (χ1n) is 6.35. The van der Waals surface area contributed by atoms with Crippen molar-refractivity contribution >= 4 is 24.6 Å². The molecule has 1 aromatic carbocycles. The van der Waals surface area contributed by atoms with Gasteiger partial charge in [-0.15, -0.1) is 0 Å². The van der Waals surface area contributed by atoms with Gasteiger partial charge in [-0.05, 0) is 24.1 Å². The first-order valence-corrected chi connectivity index (χ1v) is 6.75. The molecule has 0 aromatic heterocycles. The van der Waals surface area contributed by atoms with Gasteiger partial charge in [0.1, 0.15) is 0 Å². The molecular weight excluding hydrogens is 252 g/mol. The largest absolute Gasteiger partial charge is 0.398 e. The van der Waals surface area contributed by atoms with Gasteiger partial charge in [0.25, 0.3) is 0 Å². The predicted octanol–water partition coefficient (Wildman–Crippen LogP) is 3.46. The van der Waals surface area contributed by atoms with E-state index in [0.717, 1.165) is 35.5 Å². The van der Waals surface area contributed by atoms with Crippen LogP contribution < -0.4 is 10.0 Å². The number of allylic oxidation sites excluding steroid dienone is 3. The van der Waals surface area contributed by atoms with Gasteiger partial charge >= 0.3 is 0 Å². The van der Waals surface area contributed by atoms with Crippen LogP contribution in [0.3, 0.4) is 0 Å². The van der Waals surface area contributed by atoms with E-state index in [9.17, 15) is 0 Å². The van der Waals surface area contributed by atoms with Crippen LogP contribution in [0, 0.1) is 0 Å². The highest BCUT2D eigenvalue weighted by molar-refractivity contribution is 7.81. The molecule has 2 nitrogen and oxygen atoms in total. The summed E-state index contributed by atoms with van der Waals surface area (Å²) in [7, 11) is 0. The molecule has 3 heteroatoms. The van der Waals surface area contributed by atoms with E-state index >= 15 is 0 Å². The molecule has 0 fully saturated rings. The Kier molecular flexibility index (Phi) is 3.22. The highest BCUT2D eigenvalue weighted by Crippen LogP contribution is 2.30. The van der Waals surface area contributed by atoms with Crippen molar-refractivity contribution in [2.75, 3.05) is 10.8 Å². The SMILES string of the molecule is N/C1=C/c2ccccc2N(S)CC2=C1C=CCC=C2. The quantitative estimate of drug-likeness (QED) is 0.706. The monoisotopic (exact) mass is 268 g/mol. The third-order valence-electron chi connectivity index (χ3n) is 3.38.